The molecule has 106 valence electrons. The van der Waals surface area contributed by atoms with Crippen LogP contribution in [0.3, 0.4) is 0 Å². The quantitative estimate of drug-likeness (QED) is 0.790. The first-order valence-corrected chi connectivity index (χ1v) is 7.64. The minimum Gasteiger partial charge on any atom is -0.368 e. The molecule has 0 amide bonds. The Labute approximate surface area is 124 Å². The molecular formula is C18H19N3. The van der Waals surface area contributed by atoms with Crippen molar-refractivity contribution in [1.29, 1.82) is 0 Å². The number of H-pyrrole nitrogens is 1. The van der Waals surface area contributed by atoms with Crippen molar-refractivity contribution in [3.8, 4) is 0 Å². The number of aromatic amines is 1. The second-order valence-corrected chi connectivity index (χ2v) is 5.78. The van der Waals surface area contributed by atoms with Gasteiger partial charge in [0.2, 0.25) is 0 Å². The number of nitrogens with one attached hydrogen (secondary N) is 1. The fourth-order valence-electron chi connectivity index (χ4n) is 3.38. The number of fused-ring (bicyclic) bond motifs is 1. The molecule has 1 aliphatic heterocycles. The van der Waals surface area contributed by atoms with E-state index >= 15 is 0 Å². The average Bonchev–Trinajstić information content (AvgIpc) is 3.16. The molecule has 3 aromatic rings. The number of rotatable bonds is 3. The maximum Gasteiger partial charge on any atom is 0.0931 e. The third-order valence-electron chi connectivity index (χ3n) is 4.43. The van der Waals surface area contributed by atoms with Crippen LogP contribution in [-0.2, 0) is 6.42 Å². The van der Waals surface area contributed by atoms with Crippen LogP contribution >= 0.6 is 0 Å². The van der Waals surface area contributed by atoms with Crippen molar-refractivity contribution in [2.45, 2.75) is 25.3 Å². The summed E-state index contributed by atoms with van der Waals surface area (Å²) in [7, 11) is 0. The zero-order valence-electron chi connectivity index (χ0n) is 12.0. The summed E-state index contributed by atoms with van der Waals surface area (Å²) in [6.07, 6.45) is 5.44. The van der Waals surface area contributed by atoms with Gasteiger partial charge in [-0.25, -0.2) is 4.98 Å². The van der Waals surface area contributed by atoms with Crippen LogP contribution in [0.5, 0.6) is 0 Å². The molecule has 2 aromatic carbocycles. The highest BCUT2D eigenvalue weighted by Gasteiger charge is 2.25. The fraction of sp³-hybridized carbons (Fsp3) is 0.278. The van der Waals surface area contributed by atoms with E-state index in [0.29, 0.717) is 6.04 Å². The van der Waals surface area contributed by atoms with E-state index in [1.807, 2.05) is 0 Å². The third kappa shape index (κ3) is 2.40. The molecule has 3 nitrogen and oxygen atoms in total. The molecule has 4 rings (SSSR count). The lowest BCUT2D eigenvalue weighted by atomic mass is 10.0. The van der Waals surface area contributed by atoms with Crippen LogP contribution in [0.1, 0.15) is 18.4 Å². The van der Waals surface area contributed by atoms with Crippen LogP contribution < -0.4 is 4.90 Å². The van der Waals surface area contributed by atoms with Gasteiger partial charge in [0.1, 0.15) is 0 Å². The number of imidazole rings is 1. The van der Waals surface area contributed by atoms with Crippen LogP contribution in [0.25, 0.3) is 11.0 Å². The van der Waals surface area contributed by atoms with Crippen molar-refractivity contribution >= 4 is 16.7 Å². The summed E-state index contributed by atoms with van der Waals surface area (Å²) in [6.45, 7) is 1.15. The number of hydrogen-bond donors (Lipinski definition) is 1. The lowest BCUT2D eigenvalue weighted by molar-refractivity contribution is 0.664. The zero-order valence-corrected chi connectivity index (χ0v) is 12.0. The molecule has 2 heterocycles. The number of anilines is 1. The number of benzene rings is 2. The average molecular weight is 277 g/mol. The zero-order chi connectivity index (χ0) is 14.1. The first-order valence-electron chi connectivity index (χ1n) is 7.64. The molecule has 1 saturated heterocycles. The molecule has 1 atom stereocenters. The molecule has 0 aliphatic carbocycles. The summed E-state index contributed by atoms with van der Waals surface area (Å²) in [5, 5.41) is 0. The molecule has 1 N–H and O–H groups in total. The van der Waals surface area contributed by atoms with Crippen molar-refractivity contribution in [3.05, 3.63) is 60.4 Å². The van der Waals surface area contributed by atoms with Gasteiger partial charge in [-0.15, -0.1) is 0 Å². The monoisotopic (exact) mass is 277 g/mol. The van der Waals surface area contributed by atoms with Gasteiger partial charge in [0.25, 0.3) is 0 Å². The number of nitrogens with zero attached hydrogens (tertiary/aromatic N) is 2. The van der Waals surface area contributed by atoms with Crippen LogP contribution in [-0.4, -0.2) is 22.6 Å². The Bertz CT molecular complexity index is 732. The molecule has 1 aliphatic rings. The highest BCUT2D eigenvalue weighted by atomic mass is 15.2. The SMILES string of the molecule is c1ccc(CC2CCCN2c2ccc3nc[nH]c3c2)cc1. The van der Waals surface area contributed by atoms with Crippen LogP contribution in [0.4, 0.5) is 5.69 Å². The maximum absolute atomic E-state index is 4.30. The standard InChI is InChI=1S/C18H19N3/c1-2-5-14(6-3-1)11-15-7-4-10-21(15)16-8-9-17-18(12-16)20-13-19-17/h1-3,5-6,8-9,12-13,15H,4,7,10-11H2,(H,19,20). The first-order chi connectivity index (χ1) is 10.4. The van der Waals surface area contributed by atoms with Crippen molar-refractivity contribution in [3.63, 3.8) is 0 Å². The van der Waals surface area contributed by atoms with E-state index in [9.17, 15) is 0 Å². The summed E-state index contributed by atoms with van der Waals surface area (Å²) in [5.74, 6) is 0. The van der Waals surface area contributed by atoms with E-state index in [4.69, 9.17) is 0 Å². The normalized spacial score (nSPS) is 18.5. The Morgan fingerprint density at radius 2 is 2.05 bits per heavy atom. The van der Waals surface area contributed by atoms with Gasteiger partial charge < -0.3 is 9.88 Å². The molecule has 21 heavy (non-hydrogen) atoms. The van der Waals surface area contributed by atoms with Crippen molar-refractivity contribution in [2.24, 2.45) is 0 Å². The van der Waals surface area contributed by atoms with Gasteiger partial charge in [-0.1, -0.05) is 30.3 Å². The smallest absolute Gasteiger partial charge is 0.0931 e. The fourth-order valence-corrected chi connectivity index (χ4v) is 3.38. The molecular weight excluding hydrogens is 258 g/mol. The summed E-state index contributed by atoms with van der Waals surface area (Å²) in [4.78, 5) is 10.1. The highest BCUT2D eigenvalue weighted by molar-refractivity contribution is 5.79. The lowest BCUT2D eigenvalue weighted by Gasteiger charge is -2.27. The number of hydrogen-bond acceptors (Lipinski definition) is 2. The van der Waals surface area contributed by atoms with Gasteiger partial charge >= 0.3 is 0 Å². The Balaban J connectivity index is 1.60. The summed E-state index contributed by atoms with van der Waals surface area (Å²) < 4.78 is 0. The molecule has 0 radical (unpaired) electrons. The second-order valence-electron chi connectivity index (χ2n) is 5.78. The topological polar surface area (TPSA) is 31.9 Å². The van der Waals surface area contributed by atoms with E-state index in [-0.39, 0.29) is 0 Å². The van der Waals surface area contributed by atoms with Crippen molar-refractivity contribution < 1.29 is 0 Å². The Morgan fingerprint density at radius 1 is 1.14 bits per heavy atom. The minimum absolute atomic E-state index is 0.604. The molecule has 0 bridgehead atoms. The molecule has 1 fully saturated rings. The van der Waals surface area contributed by atoms with E-state index < -0.39 is 0 Å². The van der Waals surface area contributed by atoms with Gasteiger partial charge in [0.15, 0.2) is 0 Å². The van der Waals surface area contributed by atoms with E-state index in [0.717, 1.165) is 24.0 Å². The van der Waals surface area contributed by atoms with Crippen LogP contribution in [0.2, 0.25) is 0 Å². The molecule has 0 saturated carbocycles. The van der Waals surface area contributed by atoms with Gasteiger partial charge in [0.05, 0.1) is 17.4 Å². The largest absolute Gasteiger partial charge is 0.368 e. The van der Waals surface area contributed by atoms with Gasteiger partial charge in [-0.2, -0.15) is 0 Å². The van der Waals surface area contributed by atoms with Crippen molar-refractivity contribution in [1.82, 2.24) is 9.97 Å². The predicted octanol–water partition coefficient (Wildman–Crippen LogP) is 3.77. The highest BCUT2D eigenvalue weighted by Crippen LogP contribution is 2.29. The van der Waals surface area contributed by atoms with Crippen LogP contribution in [0, 0.1) is 0 Å². The minimum atomic E-state index is 0.604. The van der Waals surface area contributed by atoms with E-state index in [1.165, 1.54) is 24.1 Å². The molecule has 3 heteroatoms. The second kappa shape index (κ2) is 5.24. The third-order valence-corrected chi connectivity index (χ3v) is 4.43. The Hall–Kier alpha value is -2.29. The van der Waals surface area contributed by atoms with Crippen LogP contribution in [0.15, 0.2) is 54.9 Å². The summed E-state index contributed by atoms with van der Waals surface area (Å²) >= 11 is 0. The summed E-state index contributed by atoms with van der Waals surface area (Å²) in [6, 6.07) is 18.0. The van der Waals surface area contributed by atoms with E-state index in [1.54, 1.807) is 6.33 Å². The predicted molar refractivity (Wildman–Crippen MR) is 86.6 cm³/mol. The van der Waals surface area contributed by atoms with Gasteiger partial charge in [-0.3, -0.25) is 0 Å². The molecule has 0 spiro atoms. The van der Waals surface area contributed by atoms with E-state index in [2.05, 4.69) is 63.4 Å². The van der Waals surface area contributed by atoms with Gasteiger partial charge in [0, 0.05) is 18.3 Å². The van der Waals surface area contributed by atoms with Gasteiger partial charge in [-0.05, 0) is 43.0 Å². The Morgan fingerprint density at radius 3 is 2.95 bits per heavy atom. The van der Waals surface area contributed by atoms with Crippen molar-refractivity contribution in [2.75, 3.05) is 11.4 Å². The lowest BCUT2D eigenvalue weighted by Crippen LogP contribution is -2.30. The molecule has 1 unspecified atom stereocenters. The molecule has 1 aromatic heterocycles. The Kier molecular flexibility index (Phi) is 3.11. The summed E-state index contributed by atoms with van der Waals surface area (Å²) in [5.41, 5.74) is 4.90. The first kappa shape index (κ1) is 12.5. The number of aromatic nitrogens is 2. The maximum atomic E-state index is 4.30.